The van der Waals surface area contributed by atoms with Crippen LogP contribution in [0.25, 0.3) is 21.7 Å². The highest BCUT2D eigenvalue weighted by Crippen LogP contribution is 2.22. The van der Waals surface area contributed by atoms with Gasteiger partial charge in [0.25, 0.3) is 0 Å². The number of fused-ring (bicyclic) bond motifs is 2. The fourth-order valence-electron chi connectivity index (χ4n) is 2.05. The second-order valence-corrected chi connectivity index (χ2v) is 4.24. The highest BCUT2D eigenvalue weighted by molar-refractivity contribution is 6.00. The first kappa shape index (κ1) is 10.7. The monoisotopic (exact) mass is 238 g/mol. The van der Waals surface area contributed by atoms with E-state index in [0.717, 1.165) is 16.2 Å². The molecule has 0 amide bonds. The Balaban J connectivity index is 2.44. The van der Waals surface area contributed by atoms with Crippen molar-refractivity contribution in [2.45, 2.75) is 6.92 Å². The van der Waals surface area contributed by atoms with Crippen molar-refractivity contribution in [2.24, 2.45) is 0 Å². The normalized spacial score (nSPS) is 10.9. The van der Waals surface area contributed by atoms with Gasteiger partial charge >= 0.3 is 5.63 Å². The van der Waals surface area contributed by atoms with Crippen LogP contribution in [-0.2, 0) is 0 Å². The van der Waals surface area contributed by atoms with E-state index in [1.807, 2.05) is 36.4 Å². The summed E-state index contributed by atoms with van der Waals surface area (Å²) in [6.45, 7) is 1.36. The number of hydrogen-bond acceptors (Lipinski definition) is 3. The van der Waals surface area contributed by atoms with Crippen molar-refractivity contribution < 1.29 is 9.21 Å². The molecular weight excluding hydrogens is 228 g/mol. The van der Waals surface area contributed by atoms with E-state index in [9.17, 15) is 9.59 Å². The average Bonchev–Trinajstić information content (AvgIpc) is 2.35. The molecule has 0 saturated heterocycles. The highest BCUT2D eigenvalue weighted by atomic mass is 16.4. The molecule has 2 aromatic carbocycles. The standard InChI is InChI=1S/C15H10O3/c1-9(16)13-7-12-6-10-4-2-3-5-11(10)8-14(12)18-15(13)17/h2-8H,1H3. The van der Waals surface area contributed by atoms with Crippen LogP contribution >= 0.6 is 0 Å². The number of carbonyl (C=O) groups is 1. The summed E-state index contributed by atoms with van der Waals surface area (Å²) >= 11 is 0. The Morgan fingerprint density at radius 2 is 1.67 bits per heavy atom. The first-order valence-electron chi connectivity index (χ1n) is 5.63. The quantitative estimate of drug-likeness (QED) is 0.371. The summed E-state index contributed by atoms with van der Waals surface area (Å²) in [6, 6.07) is 13.1. The number of benzene rings is 2. The summed E-state index contributed by atoms with van der Waals surface area (Å²) in [5, 5.41) is 2.82. The SMILES string of the molecule is CC(=O)c1cc2cc3ccccc3cc2oc1=O. The van der Waals surface area contributed by atoms with Gasteiger partial charge in [0, 0.05) is 5.39 Å². The average molecular weight is 238 g/mol. The molecule has 3 heteroatoms. The van der Waals surface area contributed by atoms with Gasteiger partial charge in [-0.1, -0.05) is 24.3 Å². The molecule has 3 aromatic rings. The van der Waals surface area contributed by atoms with E-state index in [-0.39, 0.29) is 11.3 Å². The van der Waals surface area contributed by atoms with Crippen LogP contribution in [0.3, 0.4) is 0 Å². The largest absolute Gasteiger partial charge is 0.422 e. The van der Waals surface area contributed by atoms with Crippen molar-refractivity contribution in [1.29, 1.82) is 0 Å². The van der Waals surface area contributed by atoms with E-state index in [2.05, 4.69) is 0 Å². The summed E-state index contributed by atoms with van der Waals surface area (Å²) in [4.78, 5) is 22.9. The third-order valence-electron chi connectivity index (χ3n) is 2.98. The van der Waals surface area contributed by atoms with E-state index < -0.39 is 5.63 Å². The first-order valence-corrected chi connectivity index (χ1v) is 5.63. The Bertz CT molecular complexity index is 828. The number of carbonyl (C=O) groups excluding carboxylic acids is 1. The van der Waals surface area contributed by atoms with Crippen LogP contribution < -0.4 is 5.63 Å². The van der Waals surface area contributed by atoms with Gasteiger partial charge in [0.2, 0.25) is 0 Å². The topological polar surface area (TPSA) is 47.3 Å². The summed E-state index contributed by atoms with van der Waals surface area (Å²) in [6.07, 6.45) is 0. The molecule has 1 aromatic heterocycles. The molecule has 0 spiro atoms. The fraction of sp³-hybridized carbons (Fsp3) is 0.0667. The van der Waals surface area contributed by atoms with Gasteiger partial charge in [-0.05, 0) is 35.9 Å². The van der Waals surface area contributed by atoms with Crippen LogP contribution in [0.5, 0.6) is 0 Å². The van der Waals surface area contributed by atoms with Crippen molar-refractivity contribution in [3.05, 3.63) is 58.4 Å². The molecule has 3 nitrogen and oxygen atoms in total. The van der Waals surface area contributed by atoms with Crippen molar-refractivity contribution >= 4 is 27.5 Å². The minimum absolute atomic E-state index is 0.0952. The van der Waals surface area contributed by atoms with Crippen molar-refractivity contribution in [3.63, 3.8) is 0 Å². The molecule has 0 fully saturated rings. The van der Waals surface area contributed by atoms with E-state index in [1.54, 1.807) is 6.07 Å². The molecule has 0 radical (unpaired) electrons. The smallest absolute Gasteiger partial charge is 0.347 e. The molecule has 0 atom stereocenters. The Morgan fingerprint density at radius 1 is 1.00 bits per heavy atom. The molecule has 0 aliphatic rings. The number of Topliss-reactive ketones (excluding diaryl/α,β-unsaturated/α-hetero) is 1. The molecular formula is C15H10O3. The first-order chi connectivity index (χ1) is 8.65. The maximum Gasteiger partial charge on any atom is 0.347 e. The minimum atomic E-state index is -0.578. The molecule has 3 rings (SSSR count). The van der Waals surface area contributed by atoms with E-state index in [1.165, 1.54) is 6.92 Å². The second-order valence-electron chi connectivity index (χ2n) is 4.24. The van der Waals surface area contributed by atoms with E-state index in [4.69, 9.17) is 4.42 Å². The zero-order valence-electron chi connectivity index (χ0n) is 9.77. The summed E-state index contributed by atoms with van der Waals surface area (Å²) in [7, 11) is 0. The summed E-state index contributed by atoms with van der Waals surface area (Å²) < 4.78 is 5.19. The van der Waals surface area contributed by atoms with Crippen molar-refractivity contribution in [1.82, 2.24) is 0 Å². The summed E-state index contributed by atoms with van der Waals surface area (Å²) in [5.41, 5.74) is 0.0202. The van der Waals surface area contributed by atoms with E-state index >= 15 is 0 Å². The molecule has 0 unspecified atom stereocenters. The van der Waals surface area contributed by atoms with Gasteiger partial charge in [-0.2, -0.15) is 0 Å². The lowest BCUT2D eigenvalue weighted by Gasteiger charge is -2.02. The van der Waals surface area contributed by atoms with Gasteiger partial charge in [-0.25, -0.2) is 4.79 Å². The van der Waals surface area contributed by atoms with Crippen molar-refractivity contribution in [2.75, 3.05) is 0 Å². The third kappa shape index (κ3) is 1.61. The van der Waals surface area contributed by atoms with Crippen molar-refractivity contribution in [3.8, 4) is 0 Å². The number of hydrogen-bond donors (Lipinski definition) is 0. The Kier molecular flexibility index (Phi) is 2.27. The van der Waals surface area contributed by atoms with Gasteiger partial charge in [-0.3, -0.25) is 4.79 Å². The molecule has 0 N–H and O–H groups in total. The van der Waals surface area contributed by atoms with Crippen LogP contribution in [-0.4, -0.2) is 5.78 Å². The maximum absolute atomic E-state index is 11.6. The molecule has 18 heavy (non-hydrogen) atoms. The molecule has 0 bridgehead atoms. The maximum atomic E-state index is 11.6. The lowest BCUT2D eigenvalue weighted by molar-refractivity contribution is 0.101. The zero-order chi connectivity index (χ0) is 12.7. The molecule has 0 aliphatic heterocycles. The molecule has 0 saturated carbocycles. The number of rotatable bonds is 1. The van der Waals surface area contributed by atoms with Gasteiger partial charge < -0.3 is 4.42 Å². The zero-order valence-corrected chi connectivity index (χ0v) is 9.77. The fourth-order valence-corrected chi connectivity index (χ4v) is 2.05. The van der Waals surface area contributed by atoms with Gasteiger partial charge in [0.1, 0.15) is 11.1 Å². The van der Waals surface area contributed by atoms with Crippen LogP contribution in [0.15, 0.2) is 51.7 Å². The molecule has 1 heterocycles. The van der Waals surface area contributed by atoms with Crippen LogP contribution in [0.4, 0.5) is 0 Å². The third-order valence-corrected chi connectivity index (χ3v) is 2.98. The highest BCUT2D eigenvalue weighted by Gasteiger charge is 2.09. The lowest BCUT2D eigenvalue weighted by Crippen LogP contribution is -2.10. The Labute approximate surface area is 103 Å². The van der Waals surface area contributed by atoms with Gasteiger partial charge in [0.05, 0.1) is 0 Å². The molecule has 88 valence electrons. The molecule has 0 aliphatic carbocycles. The predicted molar refractivity (Wildman–Crippen MR) is 70.0 cm³/mol. The summed E-state index contributed by atoms with van der Waals surface area (Å²) in [5.74, 6) is -0.279. The second kappa shape index (κ2) is 3.81. The van der Waals surface area contributed by atoms with E-state index in [0.29, 0.717) is 5.58 Å². The van der Waals surface area contributed by atoms with Crippen LogP contribution in [0, 0.1) is 0 Å². The Morgan fingerprint density at radius 3 is 2.33 bits per heavy atom. The Hall–Kier alpha value is -2.42. The van der Waals surface area contributed by atoms with Gasteiger partial charge in [-0.15, -0.1) is 0 Å². The predicted octanol–water partition coefficient (Wildman–Crippen LogP) is 3.15. The van der Waals surface area contributed by atoms with Crippen LogP contribution in [0.1, 0.15) is 17.3 Å². The van der Waals surface area contributed by atoms with Gasteiger partial charge in [0.15, 0.2) is 5.78 Å². The number of ketones is 1. The lowest BCUT2D eigenvalue weighted by atomic mass is 10.1. The van der Waals surface area contributed by atoms with Crippen LogP contribution in [0.2, 0.25) is 0 Å². The minimum Gasteiger partial charge on any atom is -0.422 e.